The van der Waals surface area contributed by atoms with Gasteiger partial charge in [0.15, 0.2) is 5.82 Å². The number of aromatic nitrogens is 2. The number of benzene rings is 1. The maximum absolute atomic E-state index is 6.12. The highest BCUT2D eigenvalue weighted by Crippen LogP contribution is 2.24. The lowest BCUT2D eigenvalue weighted by molar-refractivity contribution is 0.966. The van der Waals surface area contributed by atoms with E-state index in [0.29, 0.717) is 10.8 Å². The predicted molar refractivity (Wildman–Crippen MR) is 71.3 cm³/mol. The van der Waals surface area contributed by atoms with Gasteiger partial charge < -0.3 is 5.32 Å². The van der Waals surface area contributed by atoms with Gasteiger partial charge in [-0.25, -0.2) is 9.97 Å². The first-order valence-electron chi connectivity index (χ1n) is 5.63. The molecular formula is C13H14ClN3. The lowest BCUT2D eigenvalue weighted by Gasteiger charge is -2.06. The molecule has 3 nitrogen and oxygen atoms in total. The van der Waals surface area contributed by atoms with Crippen LogP contribution in [-0.2, 0) is 0 Å². The molecule has 0 bridgehead atoms. The third-order valence-electron chi connectivity index (χ3n) is 2.33. The Morgan fingerprint density at radius 2 is 2.06 bits per heavy atom. The fourth-order valence-corrected chi connectivity index (χ4v) is 1.70. The Bertz CT molecular complexity index is 500. The van der Waals surface area contributed by atoms with Crippen LogP contribution in [0, 0.1) is 0 Å². The second-order valence-corrected chi connectivity index (χ2v) is 4.08. The monoisotopic (exact) mass is 247 g/mol. The molecule has 1 aromatic carbocycles. The minimum atomic E-state index is 0.650. The van der Waals surface area contributed by atoms with Gasteiger partial charge in [-0.3, -0.25) is 0 Å². The number of anilines is 1. The van der Waals surface area contributed by atoms with Crippen LogP contribution in [0.1, 0.15) is 13.3 Å². The van der Waals surface area contributed by atoms with Crippen LogP contribution in [0.3, 0.4) is 0 Å². The van der Waals surface area contributed by atoms with Crippen molar-refractivity contribution < 1.29 is 0 Å². The SMILES string of the molecule is CCCNc1ccnc(-c2ccccc2Cl)n1. The molecule has 0 radical (unpaired) electrons. The van der Waals surface area contributed by atoms with Gasteiger partial charge in [-0.05, 0) is 24.6 Å². The first kappa shape index (κ1) is 11.9. The quantitative estimate of drug-likeness (QED) is 0.897. The lowest BCUT2D eigenvalue weighted by Crippen LogP contribution is -2.03. The minimum Gasteiger partial charge on any atom is -0.370 e. The van der Waals surface area contributed by atoms with Gasteiger partial charge >= 0.3 is 0 Å². The van der Waals surface area contributed by atoms with Crippen molar-refractivity contribution in [3.05, 3.63) is 41.6 Å². The number of hydrogen-bond donors (Lipinski definition) is 1. The van der Waals surface area contributed by atoms with Gasteiger partial charge in [0, 0.05) is 18.3 Å². The van der Waals surface area contributed by atoms with Crippen LogP contribution in [0.4, 0.5) is 5.82 Å². The molecule has 1 N–H and O–H groups in total. The highest BCUT2D eigenvalue weighted by Gasteiger charge is 2.05. The van der Waals surface area contributed by atoms with Crippen LogP contribution in [0.15, 0.2) is 36.5 Å². The standard InChI is InChI=1S/C13H14ClN3/c1-2-8-15-12-7-9-16-13(17-12)10-5-3-4-6-11(10)14/h3-7,9H,2,8H2,1H3,(H,15,16,17). The first-order valence-corrected chi connectivity index (χ1v) is 6.01. The summed E-state index contributed by atoms with van der Waals surface area (Å²) in [5.74, 6) is 1.48. The Morgan fingerprint density at radius 1 is 1.24 bits per heavy atom. The molecule has 0 fully saturated rings. The third kappa shape index (κ3) is 2.94. The molecule has 1 aromatic heterocycles. The van der Waals surface area contributed by atoms with Crippen LogP contribution in [0.5, 0.6) is 0 Å². The number of halogens is 1. The lowest BCUT2D eigenvalue weighted by atomic mass is 10.2. The molecule has 0 saturated carbocycles. The highest BCUT2D eigenvalue weighted by atomic mass is 35.5. The molecule has 2 rings (SSSR count). The van der Waals surface area contributed by atoms with Gasteiger partial charge in [-0.1, -0.05) is 30.7 Å². The summed E-state index contributed by atoms with van der Waals surface area (Å²) in [4.78, 5) is 8.68. The Morgan fingerprint density at radius 3 is 2.82 bits per heavy atom. The van der Waals surface area contributed by atoms with E-state index in [9.17, 15) is 0 Å². The van der Waals surface area contributed by atoms with Crippen molar-refractivity contribution >= 4 is 17.4 Å². The molecule has 0 aliphatic heterocycles. The van der Waals surface area contributed by atoms with E-state index < -0.39 is 0 Å². The molecular weight excluding hydrogens is 234 g/mol. The van der Waals surface area contributed by atoms with Crippen molar-refractivity contribution in [3.63, 3.8) is 0 Å². The molecule has 0 saturated heterocycles. The van der Waals surface area contributed by atoms with E-state index in [2.05, 4.69) is 22.2 Å². The number of rotatable bonds is 4. The average Bonchev–Trinajstić information content (AvgIpc) is 2.37. The van der Waals surface area contributed by atoms with Crippen LogP contribution in [0.25, 0.3) is 11.4 Å². The number of nitrogens with zero attached hydrogens (tertiary/aromatic N) is 2. The van der Waals surface area contributed by atoms with Crippen LogP contribution < -0.4 is 5.32 Å². The largest absolute Gasteiger partial charge is 0.370 e. The van der Waals surface area contributed by atoms with E-state index in [0.717, 1.165) is 24.3 Å². The van der Waals surface area contributed by atoms with Crippen LogP contribution >= 0.6 is 11.6 Å². The summed E-state index contributed by atoms with van der Waals surface area (Å²) in [5, 5.41) is 3.90. The Hall–Kier alpha value is -1.61. The van der Waals surface area contributed by atoms with Crippen molar-refractivity contribution in [2.45, 2.75) is 13.3 Å². The van der Waals surface area contributed by atoms with E-state index in [4.69, 9.17) is 11.6 Å². The summed E-state index contributed by atoms with van der Waals surface area (Å²) in [6, 6.07) is 9.44. The molecule has 0 atom stereocenters. The summed E-state index contributed by atoms with van der Waals surface area (Å²) in [5.41, 5.74) is 0.856. The van der Waals surface area contributed by atoms with E-state index in [1.807, 2.05) is 30.3 Å². The predicted octanol–water partition coefficient (Wildman–Crippen LogP) is 3.62. The molecule has 1 heterocycles. The third-order valence-corrected chi connectivity index (χ3v) is 2.66. The molecule has 17 heavy (non-hydrogen) atoms. The van der Waals surface area contributed by atoms with Gasteiger partial charge in [0.25, 0.3) is 0 Å². The van der Waals surface area contributed by atoms with Crippen molar-refractivity contribution in [1.82, 2.24) is 9.97 Å². The van der Waals surface area contributed by atoms with E-state index >= 15 is 0 Å². The normalized spacial score (nSPS) is 10.2. The van der Waals surface area contributed by atoms with E-state index in [-0.39, 0.29) is 0 Å². The Balaban J connectivity index is 2.30. The zero-order chi connectivity index (χ0) is 12.1. The van der Waals surface area contributed by atoms with Crippen molar-refractivity contribution in [2.75, 3.05) is 11.9 Å². The highest BCUT2D eigenvalue weighted by molar-refractivity contribution is 6.33. The smallest absolute Gasteiger partial charge is 0.162 e. The fraction of sp³-hybridized carbons (Fsp3) is 0.231. The Labute approximate surface area is 106 Å². The van der Waals surface area contributed by atoms with Crippen LogP contribution in [0.2, 0.25) is 5.02 Å². The topological polar surface area (TPSA) is 37.8 Å². The molecule has 0 spiro atoms. The van der Waals surface area contributed by atoms with Gasteiger partial charge in [0.1, 0.15) is 5.82 Å². The molecule has 88 valence electrons. The summed E-state index contributed by atoms with van der Waals surface area (Å²) in [6.45, 7) is 3.02. The van der Waals surface area contributed by atoms with Crippen molar-refractivity contribution in [1.29, 1.82) is 0 Å². The maximum Gasteiger partial charge on any atom is 0.162 e. The van der Waals surface area contributed by atoms with E-state index in [1.54, 1.807) is 6.20 Å². The van der Waals surface area contributed by atoms with Gasteiger partial charge in [0.05, 0.1) is 5.02 Å². The molecule has 0 aliphatic carbocycles. The Kier molecular flexibility index (Phi) is 3.94. The fourth-order valence-electron chi connectivity index (χ4n) is 1.48. The van der Waals surface area contributed by atoms with Crippen LogP contribution in [-0.4, -0.2) is 16.5 Å². The molecule has 0 unspecified atom stereocenters. The molecule has 0 aliphatic rings. The number of nitrogens with one attached hydrogen (secondary N) is 1. The minimum absolute atomic E-state index is 0.650. The van der Waals surface area contributed by atoms with Gasteiger partial charge in [-0.2, -0.15) is 0 Å². The van der Waals surface area contributed by atoms with Gasteiger partial charge in [0.2, 0.25) is 0 Å². The van der Waals surface area contributed by atoms with E-state index in [1.165, 1.54) is 0 Å². The summed E-state index contributed by atoms with van der Waals surface area (Å²) in [6.07, 6.45) is 2.80. The summed E-state index contributed by atoms with van der Waals surface area (Å²) in [7, 11) is 0. The van der Waals surface area contributed by atoms with Gasteiger partial charge in [-0.15, -0.1) is 0 Å². The maximum atomic E-state index is 6.12. The zero-order valence-electron chi connectivity index (χ0n) is 9.65. The summed E-state index contributed by atoms with van der Waals surface area (Å²) >= 11 is 6.12. The first-order chi connectivity index (χ1) is 8.31. The van der Waals surface area contributed by atoms with Crippen molar-refractivity contribution in [3.8, 4) is 11.4 Å². The molecule has 2 aromatic rings. The zero-order valence-corrected chi connectivity index (χ0v) is 10.4. The summed E-state index contributed by atoms with van der Waals surface area (Å²) < 4.78 is 0. The average molecular weight is 248 g/mol. The second-order valence-electron chi connectivity index (χ2n) is 3.67. The molecule has 4 heteroatoms. The van der Waals surface area contributed by atoms with Crippen molar-refractivity contribution in [2.24, 2.45) is 0 Å². The number of hydrogen-bond acceptors (Lipinski definition) is 3. The molecule has 0 amide bonds. The second kappa shape index (κ2) is 5.64.